The molecule has 2 rings (SSSR count). The molecular formula is C21H26N2O5. The summed E-state index contributed by atoms with van der Waals surface area (Å²) in [4.78, 5) is 15.1. The minimum absolute atomic E-state index is 0.109. The van der Waals surface area contributed by atoms with Gasteiger partial charge in [0.15, 0.2) is 11.5 Å². The molecule has 0 aliphatic heterocycles. The smallest absolute Gasteiger partial charge is 0.298 e. The predicted molar refractivity (Wildman–Crippen MR) is 109 cm³/mol. The topological polar surface area (TPSA) is 83.2 Å². The van der Waals surface area contributed by atoms with Crippen molar-refractivity contribution in [3.05, 3.63) is 52.1 Å². The molecule has 2 aromatic carbocycles. The summed E-state index contributed by atoms with van der Waals surface area (Å²) >= 11 is 0. The van der Waals surface area contributed by atoms with Gasteiger partial charge in [-0.15, -0.1) is 0 Å². The van der Waals surface area contributed by atoms with Gasteiger partial charge < -0.3 is 14.2 Å². The number of nitrogens with zero attached hydrogens (tertiary/aromatic N) is 2. The highest BCUT2D eigenvalue weighted by Gasteiger charge is 2.14. The Hall–Kier alpha value is -3.09. The Kier molecular flexibility index (Phi) is 7.80. The van der Waals surface area contributed by atoms with E-state index in [0.717, 1.165) is 12.0 Å². The van der Waals surface area contributed by atoms with E-state index >= 15 is 0 Å². The molecule has 0 saturated heterocycles. The number of nitro benzene ring substituents is 1. The number of methoxy groups -OCH3 is 1. The van der Waals surface area contributed by atoms with Crippen molar-refractivity contribution in [3.63, 3.8) is 0 Å². The largest absolute Gasteiger partial charge is 0.494 e. The van der Waals surface area contributed by atoms with E-state index in [-0.39, 0.29) is 11.4 Å². The summed E-state index contributed by atoms with van der Waals surface area (Å²) in [5.41, 5.74) is 0.892. The summed E-state index contributed by atoms with van der Waals surface area (Å²) < 4.78 is 16.5. The Morgan fingerprint density at radius 1 is 1.14 bits per heavy atom. The molecule has 0 radical (unpaired) electrons. The Morgan fingerprint density at radius 3 is 2.57 bits per heavy atom. The zero-order valence-electron chi connectivity index (χ0n) is 16.7. The summed E-state index contributed by atoms with van der Waals surface area (Å²) in [6, 6.07) is 10.0. The van der Waals surface area contributed by atoms with Gasteiger partial charge in [0.05, 0.1) is 31.3 Å². The Morgan fingerprint density at radius 2 is 1.93 bits per heavy atom. The number of hydrogen-bond acceptors (Lipinski definition) is 6. The first kappa shape index (κ1) is 21.2. The average Bonchev–Trinajstić information content (AvgIpc) is 2.67. The number of benzene rings is 2. The van der Waals surface area contributed by atoms with Crippen LogP contribution >= 0.6 is 0 Å². The first-order valence-electron chi connectivity index (χ1n) is 9.20. The highest BCUT2D eigenvalue weighted by Crippen LogP contribution is 2.32. The maximum atomic E-state index is 11.3. The molecule has 150 valence electrons. The van der Waals surface area contributed by atoms with Gasteiger partial charge in [-0.1, -0.05) is 13.8 Å². The van der Waals surface area contributed by atoms with Crippen LogP contribution in [0.1, 0.15) is 32.8 Å². The lowest BCUT2D eigenvalue weighted by molar-refractivity contribution is -0.384. The standard InChI is InChI=1S/C21H26N2O5/c1-5-27-17-7-8-18(19(13-17)23(24)25)22-14-16-6-9-20(21(12-16)26-4)28-11-10-15(2)3/h6-9,12-15H,5,10-11H2,1-4H3. The molecule has 0 spiro atoms. The molecule has 0 unspecified atom stereocenters. The van der Waals surface area contributed by atoms with Crippen molar-refractivity contribution in [1.29, 1.82) is 0 Å². The number of aliphatic imine (C=N–C) groups is 1. The minimum atomic E-state index is -0.471. The molecule has 7 heteroatoms. The predicted octanol–water partition coefficient (Wildman–Crippen LogP) is 5.18. The molecule has 7 nitrogen and oxygen atoms in total. The van der Waals surface area contributed by atoms with Crippen molar-refractivity contribution in [2.24, 2.45) is 10.9 Å². The van der Waals surface area contributed by atoms with Crippen molar-refractivity contribution >= 4 is 17.6 Å². The van der Waals surface area contributed by atoms with Gasteiger partial charge in [0, 0.05) is 6.21 Å². The molecule has 0 heterocycles. The van der Waals surface area contributed by atoms with Gasteiger partial charge in [0.1, 0.15) is 11.4 Å². The first-order valence-corrected chi connectivity index (χ1v) is 9.20. The van der Waals surface area contributed by atoms with Crippen LogP contribution in [0.2, 0.25) is 0 Å². The second-order valence-corrected chi connectivity index (χ2v) is 6.54. The molecule has 0 aliphatic rings. The summed E-state index contributed by atoms with van der Waals surface area (Å²) in [6.45, 7) is 7.15. The van der Waals surface area contributed by atoms with Crippen molar-refractivity contribution in [1.82, 2.24) is 0 Å². The first-order chi connectivity index (χ1) is 13.4. The van der Waals surface area contributed by atoms with Crippen molar-refractivity contribution < 1.29 is 19.1 Å². The Bertz CT molecular complexity index is 834. The maximum absolute atomic E-state index is 11.3. The normalized spacial score (nSPS) is 11.0. The lowest BCUT2D eigenvalue weighted by Gasteiger charge is -2.12. The maximum Gasteiger partial charge on any atom is 0.298 e. The number of nitro groups is 1. The zero-order chi connectivity index (χ0) is 20.5. The van der Waals surface area contributed by atoms with Crippen LogP contribution in [-0.4, -0.2) is 31.5 Å². The number of hydrogen-bond donors (Lipinski definition) is 0. The molecule has 0 N–H and O–H groups in total. The summed E-state index contributed by atoms with van der Waals surface area (Å²) in [7, 11) is 1.57. The molecule has 0 fully saturated rings. The van der Waals surface area contributed by atoms with Crippen LogP contribution in [0.4, 0.5) is 11.4 Å². The van der Waals surface area contributed by atoms with E-state index in [4.69, 9.17) is 14.2 Å². The van der Waals surface area contributed by atoms with Crippen LogP contribution in [0.25, 0.3) is 0 Å². The summed E-state index contributed by atoms with van der Waals surface area (Å²) in [5.74, 6) is 2.25. The number of ether oxygens (including phenoxy) is 3. The van der Waals surface area contributed by atoms with E-state index in [1.165, 1.54) is 6.07 Å². The van der Waals surface area contributed by atoms with Crippen LogP contribution in [0.3, 0.4) is 0 Å². The molecule has 2 aromatic rings. The zero-order valence-corrected chi connectivity index (χ0v) is 16.7. The highest BCUT2D eigenvalue weighted by atomic mass is 16.6. The van der Waals surface area contributed by atoms with Crippen molar-refractivity contribution in [2.75, 3.05) is 20.3 Å². The molecule has 0 amide bonds. The van der Waals surface area contributed by atoms with Gasteiger partial charge in [0.25, 0.3) is 5.69 Å². The lowest BCUT2D eigenvalue weighted by Crippen LogP contribution is -2.03. The quantitative estimate of drug-likeness (QED) is 0.319. The van der Waals surface area contributed by atoms with Gasteiger partial charge in [-0.05, 0) is 55.2 Å². The van der Waals surface area contributed by atoms with Gasteiger partial charge in [-0.25, -0.2) is 4.99 Å². The summed E-state index contributed by atoms with van der Waals surface area (Å²) in [6.07, 6.45) is 2.51. The van der Waals surface area contributed by atoms with Crippen LogP contribution in [0, 0.1) is 16.0 Å². The summed E-state index contributed by atoms with van der Waals surface area (Å²) in [5, 5.41) is 11.3. The molecule has 0 atom stereocenters. The van der Waals surface area contributed by atoms with Gasteiger partial charge in [-0.3, -0.25) is 10.1 Å². The molecule has 28 heavy (non-hydrogen) atoms. The Balaban J connectivity index is 2.20. The molecule has 0 aromatic heterocycles. The third-order valence-corrected chi connectivity index (χ3v) is 3.95. The molecule has 0 saturated carbocycles. The van der Waals surface area contributed by atoms with Gasteiger partial charge in [0.2, 0.25) is 0 Å². The van der Waals surface area contributed by atoms with Crippen LogP contribution in [0.15, 0.2) is 41.4 Å². The third kappa shape index (κ3) is 5.97. The van der Waals surface area contributed by atoms with E-state index in [2.05, 4.69) is 18.8 Å². The minimum Gasteiger partial charge on any atom is -0.494 e. The second-order valence-electron chi connectivity index (χ2n) is 6.54. The van der Waals surface area contributed by atoms with Crippen LogP contribution in [-0.2, 0) is 0 Å². The molecular weight excluding hydrogens is 360 g/mol. The van der Waals surface area contributed by atoms with E-state index in [9.17, 15) is 10.1 Å². The Labute approximate surface area is 165 Å². The molecule has 0 bridgehead atoms. The lowest BCUT2D eigenvalue weighted by atomic mass is 10.1. The van der Waals surface area contributed by atoms with E-state index in [0.29, 0.717) is 36.4 Å². The third-order valence-electron chi connectivity index (χ3n) is 3.95. The van der Waals surface area contributed by atoms with E-state index < -0.39 is 4.92 Å². The molecule has 0 aliphatic carbocycles. The van der Waals surface area contributed by atoms with E-state index in [1.54, 1.807) is 31.5 Å². The highest BCUT2D eigenvalue weighted by molar-refractivity contribution is 5.84. The van der Waals surface area contributed by atoms with Crippen molar-refractivity contribution in [3.8, 4) is 17.2 Å². The van der Waals surface area contributed by atoms with Gasteiger partial charge in [-0.2, -0.15) is 0 Å². The second kappa shape index (κ2) is 10.3. The van der Waals surface area contributed by atoms with Gasteiger partial charge >= 0.3 is 0 Å². The average molecular weight is 386 g/mol. The monoisotopic (exact) mass is 386 g/mol. The fraction of sp³-hybridized carbons (Fsp3) is 0.381. The van der Waals surface area contributed by atoms with Crippen LogP contribution in [0.5, 0.6) is 17.2 Å². The SMILES string of the molecule is CCOc1ccc(N=Cc2ccc(OCCC(C)C)c(OC)c2)c([N+](=O)[O-])c1. The fourth-order valence-electron chi connectivity index (χ4n) is 2.45. The number of rotatable bonds is 10. The van der Waals surface area contributed by atoms with Crippen molar-refractivity contribution in [2.45, 2.75) is 27.2 Å². The fourth-order valence-corrected chi connectivity index (χ4v) is 2.45. The van der Waals surface area contributed by atoms with Crippen LogP contribution < -0.4 is 14.2 Å². The van der Waals surface area contributed by atoms with E-state index in [1.807, 2.05) is 19.1 Å².